The summed E-state index contributed by atoms with van der Waals surface area (Å²) >= 11 is 3.44. The molecule has 3 N–H and O–H groups in total. The highest BCUT2D eigenvalue weighted by Crippen LogP contribution is 2.24. The maximum atomic E-state index is 13.5. The first-order valence-corrected chi connectivity index (χ1v) is 5.99. The van der Waals surface area contributed by atoms with Gasteiger partial charge in [0.15, 0.2) is 0 Å². The first-order chi connectivity index (χ1) is 8.18. The molecular formula is C13H12BrFN2. The summed E-state index contributed by atoms with van der Waals surface area (Å²) in [4.78, 5) is 0. The molecule has 0 amide bonds. The normalized spacial score (nSPS) is 10.2. The summed E-state index contributed by atoms with van der Waals surface area (Å²) in [7, 11) is 0. The number of nitrogen functional groups attached to an aromatic ring is 1. The van der Waals surface area contributed by atoms with E-state index in [1.54, 1.807) is 12.1 Å². The van der Waals surface area contributed by atoms with Crippen molar-refractivity contribution in [2.75, 3.05) is 11.1 Å². The number of benzene rings is 2. The number of rotatable bonds is 3. The van der Waals surface area contributed by atoms with E-state index in [9.17, 15) is 4.39 Å². The van der Waals surface area contributed by atoms with Gasteiger partial charge in [-0.25, -0.2) is 4.39 Å². The third kappa shape index (κ3) is 2.77. The Hall–Kier alpha value is -1.55. The fourth-order valence-corrected chi connectivity index (χ4v) is 1.98. The van der Waals surface area contributed by atoms with Gasteiger partial charge < -0.3 is 11.1 Å². The minimum absolute atomic E-state index is 0.336. The zero-order valence-electron chi connectivity index (χ0n) is 9.08. The maximum absolute atomic E-state index is 13.5. The molecule has 0 fully saturated rings. The summed E-state index contributed by atoms with van der Waals surface area (Å²) in [6.45, 7) is 0.520. The summed E-state index contributed by atoms with van der Waals surface area (Å²) in [5.41, 5.74) is 7.52. The van der Waals surface area contributed by atoms with Crippen LogP contribution in [0.3, 0.4) is 0 Å². The van der Waals surface area contributed by atoms with E-state index < -0.39 is 0 Å². The van der Waals surface area contributed by atoms with Crippen LogP contribution in [0, 0.1) is 5.82 Å². The molecule has 0 unspecified atom stereocenters. The smallest absolute Gasteiger partial charge is 0.148 e. The number of nitrogens with one attached hydrogen (secondary N) is 1. The number of hydrogen-bond donors (Lipinski definition) is 2. The topological polar surface area (TPSA) is 38.0 Å². The molecule has 0 saturated carbocycles. The van der Waals surface area contributed by atoms with E-state index in [0.29, 0.717) is 17.9 Å². The van der Waals surface area contributed by atoms with Crippen molar-refractivity contribution in [3.05, 3.63) is 58.3 Å². The van der Waals surface area contributed by atoms with Crippen LogP contribution in [-0.4, -0.2) is 0 Å². The van der Waals surface area contributed by atoms with Gasteiger partial charge in [0, 0.05) is 11.0 Å². The van der Waals surface area contributed by atoms with Crippen molar-refractivity contribution in [1.82, 2.24) is 0 Å². The largest absolute Gasteiger partial charge is 0.397 e. The SMILES string of the molecule is Nc1cccc(F)c1NCc1ccccc1Br. The van der Waals surface area contributed by atoms with E-state index in [-0.39, 0.29) is 5.82 Å². The van der Waals surface area contributed by atoms with Crippen LogP contribution < -0.4 is 11.1 Å². The van der Waals surface area contributed by atoms with Gasteiger partial charge in [0.1, 0.15) is 5.82 Å². The minimum Gasteiger partial charge on any atom is -0.397 e. The summed E-state index contributed by atoms with van der Waals surface area (Å²) in [5.74, 6) is -0.336. The van der Waals surface area contributed by atoms with Crippen molar-refractivity contribution in [3.8, 4) is 0 Å². The highest BCUT2D eigenvalue weighted by atomic mass is 79.9. The van der Waals surface area contributed by atoms with Crippen molar-refractivity contribution in [3.63, 3.8) is 0 Å². The van der Waals surface area contributed by atoms with Gasteiger partial charge in [0.05, 0.1) is 11.4 Å². The second kappa shape index (κ2) is 5.19. The van der Waals surface area contributed by atoms with Gasteiger partial charge in [-0.2, -0.15) is 0 Å². The van der Waals surface area contributed by atoms with Crippen LogP contribution >= 0.6 is 15.9 Å². The predicted molar refractivity (Wildman–Crippen MR) is 72.3 cm³/mol. The van der Waals surface area contributed by atoms with Crippen LogP contribution in [0.4, 0.5) is 15.8 Å². The number of hydrogen-bond acceptors (Lipinski definition) is 2. The van der Waals surface area contributed by atoms with Crippen molar-refractivity contribution in [2.24, 2.45) is 0 Å². The fraction of sp³-hybridized carbons (Fsp3) is 0.0769. The standard InChI is InChI=1S/C13H12BrFN2/c14-10-5-2-1-4-9(10)8-17-13-11(15)6-3-7-12(13)16/h1-7,17H,8,16H2. The van der Waals surface area contributed by atoms with Crippen LogP contribution in [0.25, 0.3) is 0 Å². The molecule has 0 aliphatic heterocycles. The Morgan fingerprint density at radius 3 is 2.59 bits per heavy atom. The van der Waals surface area contributed by atoms with E-state index in [1.807, 2.05) is 24.3 Å². The third-order valence-corrected chi connectivity index (χ3v) is 3.23. The van der Waals surface area contributed by atoms with Crippen LogP contribution in [0.2, 0.25) is 0 Å². The summed E-state index contributed by atoms with van der Waals surface area (Å²) in [5, 5.41) is 3.01. The second-order valence-electron chi connectivity index (χ2n) is 3.65. The van der Waals surface area contributed by atoms with Crippen LogP contribution in [0.1, 0.15) is 5.56 Å². The molecule has 0 radical (unpaired) electrons. The highest BCUT2D eigenvalue weighted by Gasteiger charge is 2.06. The molecule has 0 spiro atoms. The first kappa shape index (κ1) is 11.9. The Kier molecular flexibility index (Phi) is 3.64. The summed E-state index contributed by atoms with van der Waals surface area (Å²) in [6.07, 6.45) is 0. The average molecular weight is 295 g/mol. The van der Waals surface area contributed by atoms with E-state index in [2.05, 4.69) is 21.2 Å². The van der Waals surface area contributed by atoms with Crippen molar-refractivity contribution < 1.29 is 4.39 Å². The lowest BCUT2D eigenvalue weighted by atomic mass is 10.2. The molecule has 2 rings (SSSR count). The van der Waals surface area contributed by atoms with E-state index in [4.69, 9.17) is 5.73 Å². The zero-order valence-corrected chi connectivity index (χ0v) is 10.7. The van der Waals surface area contributed by atoms with Gasteiger partial charge in [-0.3, -0.25) is 0 Å². The predicted octanol–water partition coefficient (Wildman–Crippen LogP) is 3.78. The lowest BCUT2D eigenvalue weighted by Gasteiger charge is -2.11. The molecule has 0 atom stereocenters. The van der Waals surface area contributed by atoms with Gasteiger partial charge in [0.25, 0.3) is 0 Å². The lowest BCUT2D eigenvalue weighted by Crippen LogP contribution is -2.05. The zero-order chi connectivity index (χ0) is 12.3. The number of anilines is 2. The number of para-hydroxylation sites is 1. The second-order valence-corrected chi connectivity index (χ2v) is 4.50. The molecule has 88 valence electrons. The molecule has 0 aliphatic rings. The fourth-order valence-electron chi connectivity index (χ4n) is 1.55. The Morgan fingerprint density at radius 1 is 1.12 bits per heavy atom. The molecule has 2 aromatic carbocycles. The van der Waals surface area contributed by atoms with Gasteiger partial charge in [0.2, 0.25) is 0 Å². The molecule has 0 aliphatic carbocycles. The molecule has 2 nitrogen and oxygen atoms in total. The molecule has 0 bridgehead atoms. The average Bonchev–Trinajstić information content (AvgIpc) is 2.30. The Morgan fingerprint density at radius 2 is 1.88 bits per heavy atom. The monoisotopic (exact) mass is 294 g/mol. The Bertz CT molecular complexity index is 508. The Labute approximate surface area is 108 Å². The van der Waals surface area contributed by atoms with Crippen molar-refractivity contribution in [2.45, 2.75) is 6.54 Å². The van der Waals surface area contributed by atoms with Gasteiger partial charge >= 0.3 is 0 Å². The molecule has 0 aromatic heterocycles. The lowest BCUT2D eigenvalue weighted by molar-refractivity contribution is 0.630. The number of halogens is 2. The molecule has 0 heterocycles. The Balaban J connectivity index is 2.16. The summed E-state index contributed by atoms with van der Waals surface area (Å²) < 4.78 is 14.5. The highest BCUT2D eigenvalue weighted by molar-refractivity contribution is 9.10. The van der Waals surface area contributed by atoms with Crippen LogP contribution in [0.15, 0.2) is 46.9 Å². The first-order valence-electron chi connectivity index (χ1n) is 5.20. The van der Waals surface area contributed by atoms with E-state index >= 15 is 0 Å². The molecule has 4 heteroatoms. The quantitative estimate of drug-likeness (QED) is 0.846. The molecule has 2 aromatic rings. The van der Waals surface area contributed by atoms with Gasteiger partial charge in [-0.15, -0.1) is 0 Å². The van der Waals surface area contributed by atoms with Gasteiger partial charge in [-0.1, -0.05) is 40.2 Å². The molecule has 17 heavy (non-hydrogen) atoms. The third-order valence-electron chi connectivity index (χ3n) is 2.46. The van der Waals surface area contributed by atoms with Crippen molar-refractivity contribution in [1.29, 1.82) is 0 Å². The van der Waals surface area contributed by atoms with E-state index in [0.717, 1.165) is 10.0 Å². The van der Waals surface area contributed by atoms with E-state index in [1.165, 1.54) is 6.07 Å². The van der Waals surface area contributed by atoms with Crippen LogP contribution in [0.5, 0.6) is 0 Å². The van der Waals surface area contributed by atoms with Crippen LogP contribution in [-0.2, 0) is 6.54 Å². The maximum Gasteiger partial charge on any atom is 0.148 e. The van der Waals surface area contributed by atoms with Gasteiger partial charge in [-0.05, 0) is 23.8 Å². The van der Waals surface area contributed by atoms with Crippen molar-refractivity contribution >= 4 is 27.3 Å². The molecular weight excluding hydrogens is 283 g/mol. The minimum atomic E-state index is -0.336. The molecule has 0 saturated heterocycles. The summed E-state index contributed by atoms with van der Waals surface area (Å²) in [6, 6.07) is 12.4. The number of nitrogens with two attached hydrogens (primary N) is 1.